The summed E-state index contributed by atoms with van der Waals surface area (Å²) in [6, 6.07) is 5.83. The minimum Gasteiger partial charge on any atom is -0.484 e. The molecule has 28 heavy (non-hydrogen) atoms. The average molecular weight is 398 g/mol. The van der Waals surface area contributed by atoms with Crippen molar-refractivity contribution in [2.75, 3.05) is 13.2 Å². The Kier molecular flexibility index (Phi) is 5.90. The highest BCUT2D eigenvalue weighted by Gasteiger charge is 2.48. The molecule has 1 N–H and O–H groups in total. The first-order valence-electron chi connectivity index (χ1n) is 9.15. The topological polar surface area (TPSA) is 75.7 Å². The summed E-state index contributed by atoms with van der Waals surface area (Å²) in [6.45, 7) is -1.55. The monoisotopic (exact) mass is 398 g/mol. The van der Waals surface area contributed by atoms with Crippen molar-refractivity contribution < 1.29 is 32.3 Å². The summed E-state index contributed by atoms with van der Waals surface area (Å²) in [5.41, 5.74) is 0.653. The molecular formula is C19H21F3N2O4. The first-order valence-corrected chi connectivity index (χ1v) is 9.15. The van der Waals surface area contributed by atoms with Crippen LogP contribution in [0.3, 0.4) is 0 Å². The van der Waals surface area contributed by atoms with Gasteiger partial charge in [0.2, 0.25) is 17.7 Å². The van der Waals surface area contributed by atoms with E-state index >= 15 is 0 Å². The second kappa shape index (κ2) is 8.20. The van der Waals surface area contributed by atoms with Gasteiger partial charge in [0.15, 0.2) is 6.61 Å². The van der Waals surface area contributed by atoms with Crippen molar-refractivity contribution in [2.24, 2.45) is 11.8 Å². The van der Waals surface area contributed by atoms with Gasteiger partial charge in [-0.15, -0.1) is 0 Å². The van der Waals surface area contributed by atoms with Gasteiger partial charge in [-0.1, -0.05) is 25.0 Å². The molecule has 1 saturated carbocycles. The van der Waals surface area contributed by atoms with Gasteiger partial charge in [0.1, 0.15) is 12.3 Å². The molecule has 1 aromatic rings. The summed E-state index contributed by atoms with van der Waals surface area (Å²) in [7, 11) is 0. The Labute approximate surface area is 160 Å². The third-order valence-electron chi connectivity index (χ3n) is 5.05. The van der Waals surface area contributed by atoms with E-state index < -0.39 is 18.7 Å². The molecule has 2 aliphatic rings. The largest absolute Gasteiger partial charge is 0.484 e. The van der Waals surface area contributed by atoms with Crippen molar-refractivity contribution in [1.29, 1.82) is 0 Å². The van der Waals surface area contributed by atoms with Crippen LogP contribution in [0.15, 0.2) is 24.3 Å². The van der Waals surface area contributed by atoms with Gasteiger partial charge in [0.05, 0.1) is 11.8 Å². The summed E-state index contributed by atoms with van der Waals surface area (Å²) in [5, 5.41) is 2.62. The maximum atomic E-state index is 12.4. The van der Waals surface area contributed by atoms with Crippen LogP contribution >= 0.6 is 0 Å². The number of ether oxygens (including phenoxy) is 1. The Morgan fingerprint density at radius 3 is 2.18 bits per heavy atom. The number of carbonyl (C=O) groups excluding carboxylic acids is 3. The van der Waals surface area contributed by atoms with Crippen LogP contribution in [-0.2, 0) is 20.9 Å². The van der Waals surface area contributed by atoms with Crippen molar-refractivity contribution in [3.63, 3.8) is 0 Å². The Hall–Kier alpha value is -2.58. The zero-order valence-electron chi connectivity index (χ0n) is 15.1. The van der Waals surface area contributed by atoms with E-state index in [-0.39, 0.29) is 42.5 Å². The van der Waals surface area contributed by atoms with Gasteiger partial charge in [-0.25, -0.2) is 0 Å². The van der Waals surface area contributed by atoms with E-state index in [9.17, 15) is 27.6 Å². The fourth-order valence-electron chi connectivity index (χ4n) is 3.66. The van der Waals surface area contributed by atoms with Gasteiger partial charge in [-0.05, 0) is 30.5 Å². The van der Waals surface area contributed by atoms with Crippen LogP contribution < -0.4 is 10.1 Å². The third-order valence-corrected chi connectivity index (χ3v) is 5.05. The number of rotatable bonds is 6. The molecule has 2 fully saturated rings. The molecule has 1 aliphatic heterocycles. The lowest BCUT2D eigenvalue weighted by Gasteiger charge is -2.19. The highest BCUT2D eigenvalue weighted by atomic mass is 19.4. The van der Waals surface area contributed by atoms with Crippen LogP contribution in [0.4, 0.5) is 13.2 Å². The molecule has 9 heteroatoms. The molecular weight excluding hydrogens is 377 g/mol. The van der Waals surface area contributed by atoms with E-state index in [2.05, 4.69) is 10.1 Å². The van der Waals surface area contributed by atoms with Crippen LogP contribution in [0.2, 0.25) is 0 Å². The average Bonchev–Trinajstić information content (AvgIpc) is 2.90. The molecule has 1 saturated heterocycles. The molecule has 0 spiro atoms. The minimum atomic E-state index is -4.41. The Morgan fingerprint density at radius 2 is 1.64 bits per heavy atom. The van der Waals surface area contributed by atoms with Crippen molar-refractivity contribution in [3.8, 4) is 5.75 Å². The Balaban J connectivity index is 1.48. The summed E-state index contributed by atoms with van der Waals surface area (Å²) < 4.78 is 41.0. The van der Waals surface area contributed by atoms with Gasteiger partial charge in [0.25, 0.3) is 0 Å². The molecule has 152 valence electrons. The quantitative estimate of drug-likeness (QED) is 0.747. The molecule has 6 nitrogen and oxygen atoms in total. The Morgan fingerprint density at radius 1 is 1.07 bits per heavy atom. The highest BCUT2D eigenvalue weighted by Crippen LogP contribution is 2.37. The highest BCUT2D eigenvalue weighted by molar-refractivity contribution is 6.07. The SMILES string of the molecule is O=C(CN1C(=O)[C@@H]2CCCC[C@H]2C1=O)NCc1ccc(OCC(F)(F)F)cc1. The number of benzene rings is 1. The predicted octanol–water partition coefficient (Wildman–Crippen LogP) is 2.42. The van der Waals surface area contributed by atoms with Crippen LogP contribution in [0.1, 0.15) is 31.2 Å². The molecule has 1 aromatic carbocycles. The number of alkyl halides is 3. The van der Waals surface area contributed by atoms with E-state index in [0.717, 1.165) is 17.7 Å². The van der Waals surface area contributed by atoms with E-state index in [1.165, 1.54) is 24.3 Å². The number of imide groups is 1. The fraction of sp³-hybridized carbons (Fsp3) is 0.526. The second-order valence-electron chi connectivity index (χ2n) is 7.08. The van der Waals surface area contributed by atoms with Crippen molar-refractivity contribution in [1.82, 2.24) is 10.2 Å². The van der Waals surface area contributed by atoms with E-state index in [1.807, 2.05) is 0 Å². The fourth-order valence-corrected chi connectivity index (χ4v) is 3.66. The number of halogens is 3. The number of fused-ring (bicyclic) bond motifs is 1. The standard InChI is InChI=1S/C19H21F3N2O4/c20-19(21,22)11-28-13-7-5-12(6-8-13)9-23-16(25)10-24-17(26)14-3-1-2-4-15(14)18(24)27/h5-8,14-15H,1-4,9-11H2,(H,23,25)/t14-,15-/m1/s1. The maximum absolute atomic E-state index is 12.4. The number of carbonyl (C=O) groups is 3. The summed E-state index contributed by atoms with van der Waals surface area (Å²) in [5.74, 6) is -1.51. The van der Waals surface area contributed by atoms with E-state index in [0.29, 0.717) is 18.4 Å². The molecule has 0 unspecified atom stereocenters. The zero-order chi connectivity index (χ0) is 20.3. The van der Waals surface area contributed by atoms with Crippen LogP contribution in [0.25, 0.3) is 0 Å². The van der Waals surface area contributed by atoms with Crippen LogP contribution in [0, 0.1) is 11.8 Å². The molecule has 3 rings (SSSR count). The first-order chi connectivity index (χ1) is 13.2. The molecule has 0 bridgehead atoms. The van der Waals surface area contributed by atoms with Crippen LogP contribution in [-0.4, -0.2) is 41.9 Å². The molecule has 1 heterocycles. The number of hydrogen-bond acceptors (Lipinski definition) is 4. The molecule has 0 radical (unpaired) electrons. The van der Waals surface area contributed by atoms with Gasteiger partial charge >= 0.3 is 6.18 Å². The summed E-state index contributed by atoms with van der Waals surface area (Å²) >= 11 is 0. The minimum absolute atomic E-state index is 0.0725. The van der Waals surface area contributed by atoms with Gasteiger partial charge < -0.3 is 10.1 Å². The smallest absolute Gasteiger partial charge is 0.422 e. The number of nitrogens with one attached hydrogen (secondary N) is 1. The first kappa shape index (κ1) is 20.2. The lowest BCUT2D eigenvalue weighted by molar-refractivity contribution is -0.153. The summed E-state index contributed by atoms with van der Waals surface area (Å²) in [4.78, 5) is 37.9. The van der Waals surface area contributed by atoms with E-state index in [4.69, 9.17) is 0 Å². The predicted molar refractivity (Wildman–Crippen MR) is 92.0 cm³/mol. The number of likely N-dealkylation sites (tertiary alicyclic amines) is 1. The molecule has 0 aromatic heterocycles. The zero-order valence-corrected chi connectivity index (χ0v) is 15.1. The van der Waals surface area contributed by atoms with Gasteiger partial charge in [-0.3, -0.25) is 19.3 Å². The number of nitrogens with zero attached hydrogens (tertiary/aromatic N) is 1. The summed E-state index contributed by atoms with van der Waals surface area (Å²) in [6.07, 6.45) is -1.19. The van der Waals surface area contributed by atoms with Crippen molar-refractivity contribution >= 4 is 17.7 Å². The third kappa shape index (κ3) is 4.82. The second-order valence-corrected chi connectivity index (χ2v) is 7.08. The lowest BCUT2D eigenvalue weighted by atomic mass is 9.81. The maximum Gasteiger partial charge on any atom is 0.422 e. The molecule has 3 amide bonds. The van der Waals surface area contributed by atoms with Crippen LogP contribution in [0.5, 0.6) is 5.75 Å². The normalized spacial score (nSPS) is 22.2. The Bertz CT molecular complexity index is 725. The van der Waals surface area contributed by atoms with Gasteiger partial charge in [-0.2, -0.15) is 13.2 Å². The molecule has 2 atom stereocenters. The molecule has 1 aliphatic carbocycles. The number of amides is 3. The number of hydrogen-bond donors (Lipinski definition) is 1. The van der Waals surface area contributed by atoms with Crippen molar-refractivity contribution in [2.45, 2.75) is 38.4 Å². The van der Waals surface area contributed by atoms with Gasteiger partial charge in [0, 0.05) is 6.54 Å². The van der Waals surface area contributed by atoms with Crippen molar-refractivity contribution in [3.05, 3.63) is 29.8 Å². The lowest BCUT2D eigenvalue weighted by Crippen LogP contribution is -2.40. The van der Waals surface area contributed by atoms with E-state index in [1.54, 1.807) is 0 Å².